The SMILES string of the molecule is CCCCCCCCCCCCCC[C@H]1O[C@H]1CCCCCCCCCCCCCCCCCC1=C[C@H](C)OC1=O. The van der Waals surface area contributed by atoms with Crippen molar-refractivity contribution in [3.63, 3.8) is 0 Å². The lowest BCUT2D eigenvalue weighted by atomic mass is 10.0. The number of ether oxygens (including phenoxy) is 2. The van der Waals surface area contributed by atoms with Gasteiger partial charge in [-0.1, -0.05) is 174 Å². The molecule has 2 aliphatic heterocycles. The molecule has 2 aliphatic rings. The number of epoxide rings is 1. The maximum atomic E-state index is 11.6. The van der Waals surface area contributed by atoms with E-state index in [1.165, 1.54) is 180 Å². The van der Waals surface area contributed by atoms with Crippen molar-refractivity contribution in [2.45, 2.75) is 225 Å². The van der Waals surface area contributed by atoms with Crippen LogP contribution in [0.15, 0.2) is 11.6 Å². The Kier molecular flexibility index (Phi) is 22.7. The molecular formula is C38H70O3. The summed E-state index contributed by atoms with van der Waals surface area (Å²) in [7, 11) is 0. The summed E-state index contributed by atoms with van der Waals surface area (Å²) < 4.78 is 11.1. The molecule has 3 atom stereocenters. The van der Waals surface area contributed by atoms with Crippen molar-refractivity contribution >= 4 is 5.97 Å². The lowest BCUT2D eigenvalue weighted by Crippen LogP contribution is -2.03. The van der Waals surface area contributed by atoms with Crippen molar-refractivity contribution in [1.29, 1.82) is 0 Å². The molecule has 2 heterocycles. The van der Waals surface area contributed by atoms with Gasteiger partial charge < -0.3 is 9.47 Å². The molecular weight excluding hydrogens is 504 g/mol. The predicted molar refractivity (Wildman–Crippen MR) is 176 cm³/mol. The van der Waals surface area contributed by atoms with E-state index in [1.54, 1.807) is 0 Å². The van der Waals surface area contributed by atoms with Crippen molar-refractivity contribution in [2.75, 3.05) is 0 Å². The van der Waals surface area contributed by atoms with Crippen LogP contribution in [0.5, 0.6) is 0 Å². The van der Waals surface area contributed by atoms with E-state index in [2.05, 4.69) is 6.92 Å². The Hall–Kier alpha value is -0.830. The number of carbonyl (C=O) groups is 1. The number of carbonyl (C=O) groups excluding carboxylic acids is 1. The highest BCUT2D eigenvalue weighted by atomic mass is 16.6. The molecule has 0 N–H and O–H groups in total. The highest BCUT2D eigenvalue weighted by Crippen LogP contribution is 2.32. The fourth-order valence-corrected chi connectivity index (χ4v) is 6.65. The first-order chi connectivity index (χ1) is 20.2. The minimum absolute atomic E-state index is 0.0168. The summed E-state index contributed by atoms with van der Waals surface area (Å²) >= 11 is 0. The molecule has 240 valence electrons. The number of rotatable bonds is 31. The van der Waals surface area contributed by atoms with Gasteiger partial charge in [-0.15, -0.1) is 0 Å². The van der Waals surface area contributed by atoms with Crippen molar-refractivity contribution < 1.29 is 14.3 Å². The van der Waals surface area contributed by atoms with E-state index < -0.39 is 0 Å². The Morgan fingerprint density at radius 1 is 0.512 bits per heavy atom. The zero-order chi connectivity index (χ0) is 29.2. The van der Waals surface area contributed by atoms with Gasteiger partial charge in [0.1, 0.15) is 6.10 Å². The molecule has 0 bridgehead atoms. The van der Waals surface area contributed by atoms with Crippen molar-refractivity contribution in [1.82, 2.24) is 0 Å². The van der Waals surface area contributed by atoms with Crippen LogP contribution >= 0.6 is 0 Å². The summed E-state index contributed by atoms with van der Waals surface area (Å²) in [6.45, 7) is 4.24. The van der Waals surface area contributed by atoms with Crippen LogP contribution in [0.3, 0.4) is 0 Å². The number of unbranched alkanes of at least 4 members (excludes halogenated alkanes) is 25. The topological polar surface area (TPSA) is 38.8 Å². The van der Waals surface area contributed by atoms with Gasteiger partial charge in [0, 0.05) is 5.57 Å². The Balaban J connectivity index is 1.19. The molecule has 41 heavy (non-hydrogen) atoms. The van der Waals surface area contributed by atoms with Crippen LogP contribution in [0.2, 0.25) is 0 Å². The lowest BCUT2D eigenvalue weighted by molar-refractivity contribution is -0.139. The van der Waals surface area contributed by atoms with Gasteiger partial charge in [0.05, 0.1) is 12.2 Å². The quantitative estimate of drug-likeness (QED) is 0.0469. The fourth-order valence-electron chi connectivity index (χ4n) is 6.65. The first kappa shape index (κ1) is 36.4. The number of hydrogen-bond donors (Lipinski definition) is 0. The maximum Gasteiger partial charge on any atom is 0.334 e. The molecule has 0 aliphatic carbocycles. The molecule has 3 nitrogen and oxygen atoms in total. The monoisotopic (exact) mass is 575 g/mol. The Morgan fingerprint density at radius 3 is 1.20 bits per heavy atom. The van der Waals surface area contributed by atoms with Gasteiger partial charge >= 0.3 is 5.97 Å². The minimum atomic E-state index is -0.0885. The Bertz CT molecular complexity index is 641. The standard InChI is InChI=1S/C38H70O3/c1-3-4-5-6-7-8-9-16-19-22-25-28-31-36-37(41-36)32-29-26-23-20-17-14-12-10-11-13-15-18-21-24-27-30-35-33-34(2)40-38(35)39/h33-34,36-37H,3-32H2,1-2H3/t34-,36+,37-/m0/s1. The third-order valence-corrected chi connectivity index (χ3v) is 9.46. The zero-order valence-electron chi connectivity index (χ0n) is 27.7. The molecule has 1 saturated heterocycles. The molecule has 1 fully saturated rings. The van der Waals surface area contributed by atoms with Gasteiger partial charge in [0.15, 0.2) is 0 Å². The van der Waals surface area contributed by atoms with Crippen molar-refractivity contribution in [3.05, 3.63) is 11.6 Å². The zero-order valence-corrected chi connectivity index (χ0v) is 27.7. The van der Waals surface area contributed by atoms with E-state index in [-0.39, 0.29) is 12.1 Å². The average Bonchev–Trinajstić information content (AvgIpc) is 3.63. The van der Waals surface area contributed by atoms with Crippen molar-refractivity contribution in [2.24, 2.45) is 0 Å². The third kappa shape index (κ3) is 20.7. The summed E-state index contributed by atoms with van der Waals surface area (Å²) in [6, 6.07) is 0. The van der Waals surface area contributed by atoms with Crippen LogP contribution in [-0.4, -0.2) is 24.3 Å². The van der Waals surface area contributed by atoms with Crippen LogP contribution in [-0.2, 0) is 14.3 Å². The molecule has 0 radical (unpaired) electrons. The second-order valence-electron chi connectivity index (χ2n) is 13.5. The average molecular weight is 575 g/mol. The normalized spacial score (nSPS) is 20.0. The number of cyclic esters (lactones) is 1. The van der Waals surface area contributed by atoms with Crippen LogP contribution in [0.25, 0.3) is 0 Å². The molecule has 0 aromatic rings. The summed E-state index contributed by atoms with van der Waals surface area (Å²) in [5.74, 6) is -0.0885. The van der Waals surface area contributed by atoms with Gasteiger partial charge in [0.2, 0.25) is 0 Å². The van der Waals surface area contributed by atoms with E-state index in [0.717, 1.165) is 18.4 Å². The Labute approximate surface area is 256 Å². The molecule has 3 heteroatoms. The molecule has 0 saturated carbocycles. The fraction of sp³-hybridized carbons (Fsp3) is 0.921. The number of hydrogen-bond acceptors (Lipinski definition) is 3. The van der Waals surface area contributed by atoms with Crippen LogP contribution in [0.1, 0.15) is 206 Å². The summed E-state index contributed by atoms with van der Waals surface area (Å²) in [5.41, 5.74) is 0.902. The molecule has 0 spiro atoms. The van der Waals surface area contributed by atoms with Gasteiger partial charge in [-0.25, -0.2) is 4.79 Å². The summed E-state index contributed by atoms with van der Waals surface area (Å²) in [6.07, 6.45) is 44.6. The van der Waals surface area contributed by atoms with Crippen LogP contribution in [0.4, 0.5) is 0 Å². The van der Waals surface area contributed by atoms with E-state index in [4.69, 9.17) is 9.47 Å². The number of esters is 1. The summed E-state index contributed by atoms with van der Waals surface area (Å²) in [5, 5.41) is 0. The first-order valence-electron chi connectivity index (χ1n) is 18.8. The van der Waals surface area contributed by atoms with E-state index in [0.29, 0.717) is 12.2 Å². The highest BCUT2D eigenvalue weighted by Gasteiger charge is 2.36. The molecule has 0 aromatic carbocycles. The third-order valence-electron chi connectivity index (χ3n) is 9.46. The molecule has 0 unspecified atom stereocenters. The largest absolute Gasteiger partial charge is 0.455 e. The Morgan fingerprint density at radius 2 is 0.854 bits per heavy atom. The van der Waals surface area contributed by atoms with Gasteiger partial charge in [-0.3, -0.25) is 0 Å². The van der Waals surface area contributed by atoms with E-state index in [1.807, 2.05) is 13.0 Å². The van der Waals surface area contributed by atoms with Crippen LogP contribution in [0, 0.1) is 0 Å². The van der Waals surface area contributed by atoms with Gasteiger partial charge in [-0.05, 0) is 38.7 Å². The van der Waals surface area contributed by atoms with Crippen LogP contribution < -0.4 is 0 Å². The molecule has 2 rings (SSSR count). The predicted octanol–water partition coefficient (Wildman–Crippen LogP) is 12.3. The maximum absolute atomic E-state index is 11.6. The summed E-state index contributed by atoms with van der Waals surface area (Å²) in [4.78, 5) is 11.6. The molecule has 0 amide bonds. The van der Waals surface area contributed by atoms with E-state index >= 15 is 0 Å². The molecule has 0 aromatic heterocycles. The smallest absolute Gasteiger partial charge is 0.334 e. The van der Waals surface area contributed by atoms with Crippen molar-refractivity contribution in [3.8, 4) is 0 Å². The van der Waals surface area contributed by atoms with Gasteiger partial charge in [0.25, 0.3) is 0 Å². The second-order valence-corrected chi connectivity index (χ2v) is 13.5. The second kappa shape index (κ2) is 25.6. The van der Waals surface area contributed by atoms with E-state index in [9.17, 15) is 4.79 Å². The minimum Gasteiger partial charge on any atom is -0.455 e. The highest BCUT2D eigenvalue weighted by molar-refractivity contribution is 5.90. The first-order valence-corrected chi connectivity index (χ1v) is 18.8. The lowest BCUT2D eigenvalue weighted by Gasteiger charge is -2.04. The van der Waals surface area contributed by atoms with Gasteiger partial charge in [-0.2, -0.15) is 0 Å².